The van der Waals surface area contributed by atoms with Crippen LogP contribution in [-0.2, 0) is 0 Å². The molecule has 1 saturated carbocycles. The van der Waals surface area contributed by atoms with Crippen LogP contribution in [0.5, 0.6) is 0 Å². The third-order valence-corrected chi connectivity index (χ3v) is 4.96. The molecule has 3 atom stereocenters. The van der Waals surface area contributed by atoms with Crippen LogP contribution in [0.1, 0.15) is 33.6 Å². The molecule has 1 heterocycles. The monoisotopic (exact) mass is 199 g/mol. The van der Waals surface area contributed by atoms with Crippen LogP contribution in [0.25, 0.3) is 0 Å². The van der Waals surface area contributed by atoms with Crippen molar-refractivity contribution in [2.24, 2.45) is 11.3 Å². The average Bonchev–Trinajstić information content (AvgIpc) is 2.58. The maximum atomic E-state index is 3.56. The Balaban J connectivity index is 1.75. The molecule has 1 nitrogen and oxygen atoms in total. The van der Waals surface area contributed by atoms with Gasteiger partial charge in [0.15, 0.2) is 0 Å². The van der Waals surface area contributed by atoms with Crippen LogP contribution in [0.4, 0.5) is 0 Å². The lowest BCUT2D eigenvalue weighted by atomic mass is 10.0. The summed E-state index contributed by atoms with van der Waals surface area (Å²) in [5, 5.41) is 4.48. The van der Waals surface area contributed by atoms with Gasteiger partial charge in [0.1, 0.15) is 0 Å². The number of hydrogen-bond acceptors (Lipinski definition) is 2. The summed E-state index contributed by atoms with van der Waals surface area (Å²) in [6, 6.07) is 0.657. The molecule has 0 radical (unpaired) electrons. The quantitative estimate of drug-likeness (QED) is 0.749. The van der Waals surface area contributed by atoms with Gasteiger partial charge in [-0.1, -0.05) is 20.8 Å². The molecule has 1 aliphatic carbocycles. The van der Waals surface area contributed by atoms with Crippen LogP contribution in [-0.4, -0.2) is 23.6 Å². The second-order valence-corrected chi connectivity index (χ2v) is 6.58. The van der Waals surface area contributed by atoms with E-state index in [1.54, 1.807) is 0 Å². The van der Waals surface area contributed by atoms with E-state index in [4.69, 9.17) is 0 Å². The summed E-state index contributed by atoms with van der Waals surface area (Å²) in [5.74, 6) is 2.42. The highest BCUT2D eigenvalue weighted by molar-refractivity contribution is 8.00. The van der Waals surface area contributed by atoms with Gasteiger partial charge in [0.25, 0.3) is 0 Å². The summed E-state index contributed by atoms with van der Waals surface area (Å²) >= 11 is 2.18. The summed E-state index contributed by atoms with van der Waals surface area (Å²) in [6.45, 7) is 8.11. The molecule has 2 heteroatoms. The SMILES string of the molecule is CC(C)NCC1CC12CSC(C)C2. The largest absolute Gasteiger partial charge is 0.314 e. The van der Waals surface area contributed by atoms with Crippen molar-refractivity contribution in [2.75, 3.05) is 12.3 Å². The van der Waals surface area contributed by atoms with Gasteiger partial charge in [-0.2, -0.15) is 11.8 Å². The van der Waals surface area contributed by atoms with Gasteiger partial charge in [0, 0.05) is 11.3 Å². The molecular formula is C11H21NS. The van der Waals surface area contributed by atoms with Gasteiger partial charge in [-0.15, -0.1) is 0 Å². The van der Waals surface area contributed by atoms with Crippen LogP contribution in [0.15, 0.2) is 0 Å². The topological polar surface area (TPSA) is 12.0 Å². The van der Waals surface area contributed by atoms with E-state index >= 15 is 0 Å². The highest BCUT2D eigenvalue weighted by Gasteiger charge is 2.56. The maximum absolute atomic E-state index is 3.56. The Bertz CT molecular complexity index is 193. The lowest BCUT2D eigenvalue weighted by molar-refractivity contribution is 0.456. The lowest BCUT2D eigenvalue weighted by Crippen LogP contribution is -2.26. The summed E-state index contributed by atoms with van der Waals surface area (Å²) in [6.07, 6.45) is 2.96. The Kier molecular flexibility index (Phi) is 2.63. The third kappa shape index (κ3) is 2.04. The summed E-state index contributed by atoms with van der Waals surface area (Å²) in [4.78, 5) is 0. The molecule has 1 spiro atoms. The standard InChI is InChI=1S/C11H21NS/c1-8(2)12-6-10-5-11(10)4-9(3)13-7-11/h8-10,12H,4-7H2,1-3H3. The fourth-order valence-corrected chi connectivity index (χ4v) is 4.06. The minimum absolute atomic E-state index is 0.657. The number of hydrogen-bond donors (Lipinski definition) is 1. The first-order valence-electron chi connectivity index (χ1n) is 5.47. The molecule has 2 aliphatic rings. The molecule has 1 saturated heterocycles. The average molecular weight is 199 g/mol. The predicted octanol–water partition coefficient (Wildman–Crippen LogP) is 2.52. The Morgan fingerprint density at radius 1 is 1.46 bits per heavy atom. The van der Waals surface area contributed by atoms with Crippen LogP contribution in [0.2, 0.25) is 0 Å². The van der Waals surface area contributed by atoms with Crippen LogP contribution in [0, 0.1) is 11.3 Å². The van der Waals surface area contributed by atoms with E-state index in [0.717, 1.165) is 16.6 Å². The highest BCUT2D eigenvalue weighted by Crippen LogP contribution is 2.62. The molecule has 0 amide bonds. The molecule has 2 rings (SSSR count). The first kappa shape index (κ1) is 9.85. The number of thioether (sulfide) groups is 1. The molecular weight excluding hydrogens is 178 g/mol. The molecule has 3 unspecified atom stereocenters. The van der Waals surface area contributed by atoms with Crippen molar-refractivity contribution in [1.29, 1.82) is 0 Å². The van der Waals surface area contributed by atoms with Crippen LogP contribution < -0.4 is 5.32 Å². The fraction of sp³-hybridized carbons (Fsp3) is 1.00. The van der Waals surface area contributed by atoms with Crippen molar-refractivity contribution < 1.29 is 0 Å². The Labute approximate surface area is 86.0 Å². The summed E-state index contributed by atoms with van der Waals surface area (Å²) in [7, 11) is 0. The van der Waals surface area contributed by atoms with Gasteiger partial charge in [0.2, 0.25) is 0 Å². The molecule has 0 aromatic rings. The predicted molar refractivity (Wildman–Crippen MR) is 60.2 cm³/mol. The minimum atomic E-state index is 0.657. The van der Waals surface area contributed by atoms with Crippen molar-refractivity contribution in [2.45, 2.75) is 44.9 Å². The molecule has 2 fully saturated rings. The molecule has 1 aliphatic heterocycles. The van der Waals surface area contributed by atoms with Gasteiger partial charge >= 0.3 is 0 Å². The van der Waals surface area contributed by atoms with Gasteiger partial charge in [-0.25, -0.2) is 0 Å². The van der Waals surface area contributed by atoms with E-state index in [0.29, 0.717) is 6.04 Å². The first-order valence-corrected chi connectivity index (χ1v) is 6.52. The van der Waals surface area contributed by atoms with E-state index in [2.05, 4.69) is 37.8 Å². The third-order valence-electron chi connectivity index (χ3n) is 3.48. The molecule has 13 heavy (non-hydrogen) atoms. The molecule has 0 bridgehead atoms. The Morgan fingerprint density at radius 2 is 2.23 bits per heavy atom. The van der Waals surface area contributed by atoms with Crippen molar-refractivity contribution in [1.82, 2.24) is 5.32 Å². The summed E-state index contributed by atoms with van der Waals surface area (Å²) < 4.78 is 0. The molecule has 0 aromatic carbocycles. The number of nitrogens with one attached hydrogen (secondary N) is 1. The van der Waals surface area contributed by atoms with Gasteiger partial charge in [-0.3, -0.25) is 0 Å². The van der Waals surface area contributed by atoms with Gasteiger partial charge < -0.3 is 5.32 Å². The minimum Gasteiger partial charge on any atom is -0.314 e. The van der Waals surface area contributed by atoms with Crippen molar-refractivity contribution in [3.05, 3.63) is 0 Å². The van der Waals surface area contributed by atoms with Crippen LogP contribution >= 0.6 is 11.8 Å². The summed E-state index contributed by atoms with van der Waals surface area (Å²) in [5.41, 5.74) is 0.770. The normalized spacial score (nSPS) is 43.4. The van der Waals surface area contributed by atoms with E-state index in [-0.39, 0.29) is 0 Å². The van der Waals surface area contributed by atoms with Crippen molar-refractivity contribution in [3.63, 3.8) is 0 Å². The molecule has 76 valence electrons. The fourth-order valence-electron chi connectivity index (χ4n) is 2.52. The van der Waals surface area contributed by atoms with Crippen molar-refractivity contribution >= 4 is 11.8 Å². The first-order chi connectivity index (χ1) is 6.12. The zero-order valence-electron chi connectivity index (χ0n) is 8.97. The number of rotatable bonds is 3. The van der Waals surface area contributed by atoms with E-state index < -0.39 is 0 Å². The smallest absolute Gasteiger partial charge is 0.00246 e. The second kappa shape index (κ2) is 3.47. The Hall–Kier alpha value is 0.310. The van der Waals surface area contributed by atoms with Crippen molar-refractivity contribution in [3.8, 4) is 0 Å². The van der Waals surface area contributed by atoms with E-state index in [1.807, 2.05) is 0 Å². The molecule has 1 N–H and O–H groups in total. The van der Waals surface area contributed by atoms with Gasteiger partial charge in [-0.05, 0) is 36.5 Å². The highest BCUT2D eigenvalue weighted by atomic mass is 32.2. The zero-order chi connectivity index (χ0) is 9.47. The zero-order valence-corrected chi connectivity index (χ0v) is 9.79. The lowest BCUT2D eigenvalue weighted by Gasteiger charge is -2.10. The maximum Gasteiger partial charge on any atom is 0.00246 e. The van der Waals surface area contributed by atoms with E-state index in [1.165, 1.54) is 25.1 Å². The second-order valence-electron chi connectivity index (χ2n) is 5.15. The van der Waals surface area contributed by atoms with Crippen LogP contribution in [0.3, 0.4) is 0 Å². The molecule has 0 aromatic heterocycles. The van der Waals surface area contributed by atoms with E-state index in [9.17, 15) is 0 Å². The Morgan fingerprint density at radius 3 is 2.77 bits per heavy atom. The van der Waals surface area contributed by atoms with Gasteiger partial charge in [0.05, 0.1) is 0 Å².